The van der Waals surface area contributed by atoms with Crippen LogP contribution in [0.3, 0.4) is 0 Å². The van der Waals surface area contributed by atoms with Gasteiger partial charge in [0.2, 0.25) is 10.0 Å². The number of hydrogen-bond acceptors (Lipinski definition) is 4. The molecule has 0 aromatic heterocycles. The highest BCUT2D eigenvalue weighted by Gasteiger charge is 2.27. The molecule has 110 valence electrons. The Morgan fingerprint density at radius 2 is 2.00 bits per heavy atom. The third-order valence-electron chi connectivity index (χ3n) is 2.96. The largest absolute Gasteiger partial charge is 0.411 e. The number of rotatable bonds is 7. The summed E-state index contributed by atoms with van der Waals surface area (Å²) in [5, 5.41) is 11.4. The van der Waals surface area contributed by atoms with Crippen LogP contribution in [0.15, 0.2) is 47.0 Å². The number of aryl methyl sites for hydroxylation is 1. The SMILES string of the molecule is C=CCN(C(C)C/C=N\O)S(=O)(=O)c1ccc(C)cc1. The summed E-state index contributed by atoms with van der Waals surface area (Å²) >= 11 is 0. The second-order valence-electron chi connectivity index (χ2n) is 4.56. The van der Waals surface area contributed by atoms with Crippen LogP contribution in [0.5, 0.6) is 0 Å². The maximum absolute atomic E-state index is 12.6. The van der Waals surface area contributed by atoms with Crippen molar-refractivity contribution in [1.82, 2.24) is 4.31 Å². The number of sulfonamides is 1. The first kappa shape index (κ1) is 16.4. The van der Waals surface area contributed by atoms with E-state index in [2.05, 4.69) is 11.7 Å². The van der Waals surface area contributed by atoms with E-state index < -0.39 is 10.0 Å². The summed E-state index contributed by atoms with van der Waals surface area (Å²) in [4.78, 5) is 0.248. The summed E-state index contributed by atoms with van der Waals surface area (Å²) in [5.41, 5.74) is 1.000. The lowest BCUT2D eigenvalue weighted by Gasteiger charge is -2.26. The molecule has 20 heavy (non-hydrogen) atoms. The predicted molar refractivity (Wildman–Crippen MR) is 79.6 cm³/mol. The lowest BCUT2D eigenvalue weighted by Crippen LogP contribution is -2.39. The van der Waals surface area contributed by atoms with Crippen molar-refractivity contribution in [3.63, 3.8) is 0 Å². The first-order chi connectivity index (χ1) is 9.43. The summed E-state index contributed by atoms with van der Waals surface area (Å²) in [6, 6.07) is 6.38. The Labute approximate surface area is 120 Å². The van der Waals surface area contributed by atoms with E-state index >= 15 is 0 Å². The number of oxime groups is 1. The van der Waals surface area contributed by atoms with Crippen LogP contribution in [0, 0.1) is 6.92 Å². The highest BCUT2D eigenvalue weighted by molar-refractivity contribution is 7.89. The van der Waals surface area contributed by atoms with Gasteiger partial charge in [0, 0.05) is 25.2 Å². The molecule has 1 N–H and O–H groups in total. The first-order valence-electron chi connectivity index (χ1n) is 6.28. The minimum Gasteiger partial charge on any atom is -0.411 e. The minimum absolute atomic E-state index is 0.205. The van der Waals surface area contributed by atoms with Gasteiger partial charge >= 0.3 is 0 Å². The van der Waals surface area contributed by atoms with Gasteiger partial charge in [-0.3, -0.25) is 0 Å². The highest BCUT2D eigenvalue weighted by atomic mass is 32.2. The fraction of sp³-hybridized carbons (Fsp3) is 0.357. The Bertz CT molecular complexity index is 565. The number of nitrogens with zero attached hydrogens (tertiary/aromatic N) is 2. The first-order valence-corrected chi connectivity index (χ1v) is 7.72. The average Bonchev–Trinajstić information content (AvgIpc) is 2.42. The van der Waals surface area contributed by atoms with Crippen LogP contribution in [0.25, 0.3) is 0 Å². The fourth-order valence-corrected chi connectivity index (χ4v) is 3.42. The topological polar surface area (TPSA) is 70.0 Å². The molecule has 0 aliphatic rings. The van der Waals surface area contributed by atoms with Crippen LogP contribution in [0.1, 0.15) is 18.9 Å². The van der Waals surface area contributed by atoms with Crippen molar-refractivity contribution in [3.8, 4) is 0 Å². The van der Waals surface area contributed by atoms with Gasteiger partial charge in [0.15, 0.2) is 0 Å². The molecule has 0 aliphatic heterocycles. The third kappa shape index (κ3) is 3.91. The molecule has 0 saturated carbocycles. The molecule has 0 aliphatic carbocycles. The molecule has 5 nitrogen and oxygen atoms in total. The minimum atomic E-state index is -3.59. The van der Waals surface area contributed by atoms with E-state index in [1.54, 1.807) is 37.3 Å². The maximum Gasteiger partial charge on any atom is 0.243 e. The van der Waals surface area contributed by atoms with Crippen molar-refractivity contribution in [1.29, 1.82) is 0 Å². The van der Waals surface area contributed by atoms with Gasteiger partial charge < -0.3 is 5.21 Å². The van der Waals surface area contributed by atoms with Gasteiger partial charge in [-0.25, -0.2) is 8.42 Å². The molecule has 1 aromatic carbocycles. The standard InChI is InChI=1S/C14H20N2O3S/c1-4-11-16(13(3)9-10-15-17)20(18,19)14-7-5-12(2)6-8-14/h4-8,10,13,17H,1,9,11H2,2-3H3/b15-10-. The van der Waals surface area contributed by atoms with Crippen LogP contribution in [-0.4, -0.2) is 36.7 Å². The number of hydrogen-bond donors (Lipinski definition) is 1. The Kier molecular flexibility index (Phi) is 5.91. The van der Waals surface area contributed by atoms with Crippen molar-refractivity contribution < 1.29 is 13.6 Å². The maximum atomic E-state index is 12.6. The zero-order valence-corrected chi connectivity index (χ0v) is 12.5. The van der Waals surface area contributed by atoms with Crippen molar-refractivity contribution >= 4 is 16.2 Å². The quantitative estimate of drug-likeness (QED) is 0.363. The summed E-state index contributed by atoms with van der Waals surface area (Å²) in [6.07, 6.45) is 3.15. The van der Waals surface area contributed by atoms with Crippen LogP contribution in [-0.2, 0) is 10.0 Å². The van der Waals surface area contributed by atoms with Crippen LogP contribution in [0.4, 0.5) is 0 Å². The summed E-state index contributed by atoms with van der Waals surface area (Å²) < 4.78 is 26.6. The predicted octanol–water partition coefficient (Wildman–Crippen LogP) is 2.41. The molecule has 0 bridgehead atoms. The van der Waals surface area contributed by atoms with E-state index in [1.165, 1.54) is 10.5 Å². The Morgan fingerprint density at radius 3 is 2.50 bits per heavy atom. The van der Waals surface area contributed by atoms with E-state index in [0.29, 0.717) is 6.42 Å². The Hall–Kier alpha value is -1.66. The average molecular weight is 296 g/mol. The van der Waals surface area contributed by atoms with Crippen molar-refractivity contribution in [2.75, 3.05) is 6.54 Å². The van der Waals surface area contributed by atoms with Gasteiger partial charge in [0.1, 0.15) is 0 Å². The van der Waals surface area contributed by atoms with Crippen molar-refractivity contribution in [2.45, 2.75) is 31.2 Å². The van der Waals surface area contributed by atoms with E-state index in [0.717, 1.165) is 5.56 Å². The van der Waals surface area contributed by atoms with Crippen LogP contribution in [0.2, 0.25) is 0 Å². The normalized spacial score (nSPS) is 13.8. The molecule has 0 heterocycles. The van der Waals surface area contributed by atoms with Crippen LogP contribution >= 0.6 is 0 Å². The molecule has 0 fully saturated rings. The molecule has 0 radical (unpaired) electrons. The third-order valence-corrected chi connectivity index (χ3v) is 4.95. The van der Waals surface area contributed by atoms with Gasteiger partial charge in [-0.15, -0.1) is 11.7 Å². The molecule has 1 unspecified atom stereocenters. The van der Waals surface area contributed by atoms with Crippen LogP contribution < -0.4 is 0 Å². The zero-order chi connectivity index (χ0) is 15.2. The summed E-state index contributed by atoms with van der Waals surface area (Å²) in [5.74, 6) is 0. The zero-order valence-electron chi connectivity index (χ0n) is 11.7. The van der Waals surface area contributed by atoms with E-state index in [-0.39, 0.29) is 17.5 Å². The van der Waals surface area contributed by atoms with Gasteiger partial charge in [-0.2, -0.15) is 4.31 Å². The Morgan fingerprint density at radius 1 is 1.40 bits per heavy atom. The highest BCUT2D eigenvalue weighted by Crippen LogP contribution is 2.19. The van der Waals surface area contributed by atoms with Gasteiger partial charge in [-0.05, 0) is 26.0 Å². The Balaban J connectivity index is 3.11. The molecule has 6 heteroatoms. The lowest BCUT2D eigenvalue weighted by atomic mass is 10.2. The molecule has 0 amide bonds. The lowest BCUT2D eigenvalue weighted by molar-refractivity contribution is 0.316. The molecule has 0 saturated heterocycles. The molecule has 1 aromatic rings. The van der Waals surface area contributed by atoms with Gasteiger partial charge in [0.05, 0.1) is 4.90 Å². The monoisotopic (exact) mass is 296 g/mol. The number of benzene rings is 1. The fourth-order valence-electron chi connectivity index (χ4n) is 1.81. The van der Waals surface area contributed by atoms with Gasteiger partial charge in [0.25, 0.3) is 0 Å². The second-order valence-corrected chi connectivity index (χ2v) is 6.45. The summed E-state index contributed by atoms with van der Waals surface area (Å²) in [7, 11) is -3.59. The molecule has 1 atom stereocenters. The smallest absolute Gasteiger partial charge is 0.243 e. The summed E-state index contributed by atoms with van der Waals surface area (Å²) in [6.45, 7) is 7.46. The molecule has 0 spiro atoms. The van der Waals surface area contributed by atoms with Crippen molar-refractivity contribution in [2.24, 2.45) is 5.16 Å². The second kappa shape index (κ2) is 7.21. The van der Waals surface area contributed by atoms with E-state index in [4.69, 9.17) is 5.21 Å². The molecule has 1 rings (SSSR count). The van der Waals surface area contributed by atoms with E-state index in [9.17, 15) is 8.42 Å². The van der Waals surface area contributed by atoms with Gasteiger partial charge in [-0.1, -0.05) is 23.8 Å². The van der Waals surface area contributed by atoms with Crippen molar-refractivity contribution in [3.05, 3.63) is 42.5 Å². The molecular weight excluding hydrogens is 276 g/mol. The molecular formula is C14H20N2O3S. The van der Waals surface area contributed by atoms with E-state index in [1.807, 2.05) is 6.92 Å².